The maximum atomic E-state index is 11.0. The summed E-state index contributed by atoms with van der Waals surface area (Å²) in [5, 5.41) is 6.53. The highest BCUT2D eigenvalue weighted by atomic mass is 16.1. The lowest BCUT2D eigenvalue weighted by Gasteiger charge is -2.26. The largest absolute Gasteiger partial charge is 0.420 e. The van der Waals surface area contributed by atoms with Gasteiger partial charge in [-0.15, -0.1) is 0 Å². The SMILES string of the molecule is CC(=O)NCCCC1=Cc2ccccc2NB1c1ccccc1. The predicted octanol–water partition coefficient (Wildman–Crippen LogP) is 2.85. The molecule has 1 amide bonds. The van der Waals surface area contributed by atoms with Crippen LogP contribution < -0.4 is 16.0 Å². The fourth-order valence-electron chi connectivity index (χ4n) is 3.00. The van der Waals surface area contributed by atoms with Crippen molar-refractivity contribution in [2.24, 2.45) is 0 Å². The van der Waals surface area contributed by atoms with Gasteiger partial charge in [-0.05, 0) is 24.5 Å². The summed E-state index contributed by atoms with van der Waals surface area (Å²) in [5.74, 6) is 0.0331. The number of hydrogen-bond acceptors (Lipinski definition) is 2. The van der Waals surface area contributed by atoms with Crippen LogP contribution in [0.1, 0.15) is 25.3 Å². The molecular weight excluding hydrogens is 283 g/mol. The number of para-hydroxylation sites is 1. The van der Waals surface area contributed by atoms with Crippen molar-refractivity contribution in [2.45, 2.75) is 19.8 Å². The number of hydrogen-bond donors (Lipinski definition) is 2. The van der Waals surface area contributed by atoms with Crippen LogP contribution in [0.15, 0.2) is 60.1 Å². The van der Waals surface area contributed by atoms with Crippen molar-refractivity contribution in [3.8, 4) is 0 Å². The Morgan fingerprint density at radius 3 is 2.61 bits per heavy atom. The summed E-state index contributed by atoms with van der Waals surface area (Å²) < 4.78 is 0. The van der Waals surface area contributed by atoms with Gasteiger partial charge < -0.3 is 10.5 Å². The minimum Gasteiger partial charge on any atom is -0.420 e. The molecule has 116 valence electrons. The van der Waals surface area contributed by atoms with Crippen molar-refractivity contribution in [2.75, 3.05) is 11.8 Å². The van der Waals surface area contributed by atoms with E-state index in [0.29, 0.717) is 0 Å². The van der Waals surface area contributed by atoms with Gasteiger partial charge in [0.25, 0.3) is 0 Å². The summed E-state index contributed by atoms with van der Waals surface area (Å²) >= 11 is 0. The molecule has 0 spiro atoms. The first-order valence-electron chi connectivity index (χ1n) is 8.09. The molecule has 0 fully saturated rings. The molecule has 0 aliphatic carbocycles. The van der Waals surface area contributed by atoms with E-state index >= 15 is 0 Å². The highest BCUT2D eigenvalue weighted by Gasteiger charge is 2.26. The van der Waals surface area contributed by atoms with E-state index in [1.807, 2.05) is 6.07 Å². The van der Waals surface area contributed by atoms with Crippen molar-refractivity contribution in [3.05, 3.63) is 65.6 Å². The van der Waals surface area contributed by atoms with Gasteiger partial charge in [-0.1, -0.05) is 65.5 Å². The quantitative estimate of drug-likeness (QED) is 0.659. The van der Waals surface area contributed by atoms with Crippen LogP contribution >= 0.6 is 0 Å². The standard InChI is InChI=1S/C19H21BN2O/c1-15(23)21-13-7-11-18-14-16-8-5-6-12-19(16)22-20(18)17-9-3-2-4-10-17/h2-6,8-10,12,14,22H,7,11,13H2,1H3,(H,21,23). The second-order valence-electron chi connectivity index (χ2n) is 5.88. The van der Waals surface area contributed by atoms with Gasteiger partial charge in [0.2, 0.25) is 5.91 Å². The van der Waals surface area contributed by atoms with Crippen molar-refractivity contribution < 1.29 is 4.79 Å². The summed E-state index contributed by atoms with van der Waals surface area (Å²) in [6, 6.07) is 18.9. The van der Waals surface area contributed by atoms with E-state index in [9.17, 15) is 4.79 Å². The monoisotopic (exact) mass is 304 g/mol. The van der Waals surface area contributed by atoms with Crippen LogP contribution in [0.4, 0.5) is 5.69 Å². The lowest BCUT2D eigenvalue weighted by molar-refractivity contribution is -0.118. The third-order valence-corrected chi connectivity index (χ3v) is 4.12. The molecule has 0 bridgehead atoms. The van der Waals surface area contributed by atoms with E-state index in [1.165, 1.54) is 22.2 Å². The topological polar surface area (TPSA) is 41.1 Å². The molecule has 1 heterocycles. The second kappa shape index (κ2) is 7.18. The number of rotatable bonds is 5. The molecule has 0 saturated heterocycles. The Bertz CT molecular complexity index is 712. The summed E-state index contributed by atoms with van der Waals surface area (Å²) in [5.41, 5.74) is 5.04. The molecule has 1 aliphatic heterocycles. The normalized spacial score (nSPS) is 12.9. The van der Waals surface area contributed by atoms with Crippen molar-refractivity contribution >= 4 is 30.0 Å². The molecule has 2 aromatic carbocycles. The molecule has 0 atom stereocenters. The molecule has 0 radical (unpaired) electrons. The van der Waals surface area contributed by atoms with Gasteiger partial charge in [0.1, 0.15) is 0 Å². The van der Waals surface area contributed by atoms with Crippen LogP contribution in [0.2, 0.25) is 0 Å². The van der Waals surface area contributed by atoms with Gasteiger partial charge in [-0.2, -0.15) is 0 Å². The maximum Gasteiger partial charge on any atom is 0.316 e. The number of carbonyl (C=O) groups is 1. The van der Waals surface area contributed by atoms with Crippen LogP contribution in [0.25, 0.3) is 6.08 Å². The van der Waals surface area contributed by atoms with Crippen molar-refractivity contribution in [1.82, 2.24) is 5.32 Å². The van der Waals surface area contributed by atoms with E-state index in [-0.39, 0.29) is 12.8 Å². The highest BCUT2D eigenvalue weighted by molar-refractivity contribution is 6.83. The zero-order valence-electron chi connectivity index (χ0n) is 13.4. The Morgan fingerprint density at radius 1 is 1.09 bits per heavy atom. The average Bonchev–Trinajstić information content (AvgIpc) is 2.58. The fraction of sp³-hybridized carbons (Fsp3) is 0.211. The predicted molar refractivity (Wildman–Crippen MR) is 97.8 cm³/mol. The number of nitrogens with one attached hydrogen (secondary N) is 2. The zero-order valence-corrected chi connectivity index (χ0v) is 13.4. The summed E-state index contributed by atoms with van der Waals surface area (Å²) in [6.45, 7) is 2.48. The third-order valence-electron chi connectivity index (χ3n) is 4.12. The molecule has 3 rings (SSSR count). The van der Waals surface area contributed by atoms with Crippen molar-refractivity contribution in [1.29, 1.82) is 0 Å². The first-order chi connectivity index (χ1) is 11.2. The molecular formula is C19H21BN2O. The number of allylic oxidation sites excluding steroid dienone is 1. The van der Waals surface area contributed by atoms with E-state index in [0.717, 1.165) is 19.4 Å². The van der Waals surface area contributed by atoms with E-state index in [4.69, 9.17) is 0 Å². The number of fused-ring (bicyclic) bond motifs is 1. The van der Waals surface area contributed by atoms with E-state index < -0.39 is 0 Å². The number of carbonyl (C=O) groups excluding carboxylic acids is 1. The Kier molecular flexibility index (Phi) is 4.81. The van der Waals surface area contributed by atoms with Crippen LogP contribution in [0, 0.1) is 0 Å². The summed E-state index contributed by atoms with van der Waals surface area (Å²) in [4.78, 5) is 11.0. The first kappa shape index (κ1) is 15.4. The lowest BCUT2D eigenvalue weighted by atomic mass is 9.47. The van der Waals surface area contributed by atoms with Gasteiger partial charge in [-0.25, -0.2) is 0 Å². The Hall–Kier alpha value is -2.49. The minimum absolute atomic E-state index is 0.0331. The molecule has 1 aliphatic rings. The Morgan fingerprint density at radius 2 is 1.83 bits per heavy atom. The molecule has 0 saturated carbocycles. The molecule has 2 aromatic rings. The number of anilines is 1. The molecule has 23 heavy (non-hydrogen) atoms. The van der Waals surface area contributed by atoms with Crippen LogP contribution in [-0.2, 0) is 4.79 Å². The molecule has 2 N–H and O–H groups in total. The van der Waals surface area contributed by atoms with Crippen molar-refractivity contribution in [3.63, 3.8) is 0 Å². The highest BCUT2D eigenvalue weighted by Crippen LogP contribution is 2.27. The molecule has 4 heteroatoms. The summed E-state index contributed by atoms with van der Waals surface area (Å²) in [6.07, 6.45) is 4.19. The third kappa shape index (κ3) is 3.83. The van der Waals surface area contributed by atoms with Gasteiger partial charge >= 0.3 is 6.85 Å². The lowest BCUT2D eigenvalue weighted by Crippen LogP contribution is -2.42. The molecule has 3 nitrogen and oxygen atoms in total. The number of amides is 1. The Balaban J connectivity index is 1.81. The second-order valence-corrected chi connectivity index (χ2v) is 5.88. The number of benzene rings is 2. The van der Waals surface area contributed by atoms with E-state index in [1.54, 1.807) is 6.92 Å². The van der Waals surface area contributed by atoms with Gasteiger partial charge in [0.05, 0.1) is 0 Å². The molecule has 0 aromatic heterocycles. The van der Waals surface area contributed by atoms with E-state index in [2.05, 4.69) is 65.2 Å². The Labute approximate surface area is 137 Å². The minimum atomic E-state index is 0.0331. The van der Waals surface area contributed by atoms with Crippen LogP contribution in [-0.4, -0.2) is 19.3 Å². The fourth-order valence-corrected chi connectivity index (χ4v) is 3.00. The van der Waals surface area contributed by atoms with Crippen LogP contribution in [0.5, 0.6) is 0 Å². The van der Waals surface area contributed by atoms with Crippen LogP contribution in [0.3, 0.4) is 0 Å². The summed E-state index contributed by atoms with van der Waals surface area (Å²) in [7, 11) is 0. The maximum absolute atomic E-state index is 11.0. The first-order valence-corrected chi connectivity index (χ1v) is 8.09. The molecule has 0 unspecified atom stereocenters. The van der Waals surface area contributed by atoms with Gasteiger partial charge in [0.15, 0.2) is 0 Å². The smallest absolute Gasteiger partial charge is 0.316 e. The van der Waals surface area contributed by atoms with Gasteiger partial charge in [-0.3, -0.25) is 4.79 Å². The zero-order chi connectivity index (χ0) is 16.1. The van der Waals surface area contributed by atoms with Gasteiger partial charge in [0, 0.05) is 19.2 Å². The average molecular weight is 304 g/mol.